The Hall–Kier alpha value is -2.14. The molecule has 0 aromatic carbocycles. The molecule has 2 saturated carbocycles. The number of ether oxygens (including phenoxy) is 1. The number of hydrogen-bond donors (Lipinski definition) is 0. The Morgan fingerprint density at radius 1 is 0.277 bits per heavy atom. The zero-order valence-electron chi connectivity index (χ0n) is 19.7. The molecule has 0 amide bonds. The molecule has 0 saturated heterocycles. The summed E-state index contributed by atoms with van der Waals surface area (Å²) in [5, 5.41) is 0. The van der Waals surface area contributed by atoms with E-state index in [2.05, 4.69) is 0 Å². The van der Waals surface area contributed by atoms with Crippen LogP contribution in [0.2, 0.25) is 0 Å². The van der Waals surface area contributed by atoms with Gasteiger partial charge in [0.05, 0.1) is 0 Å². The van der Waals surface area contributed by atoms with Gasteiger partial charge in [0, 0.05) is 0 Å². The molecular formula is C16F30O. The summed E-state index contributed by atoms with van der Waals surface area (Å²) in [6, 6.07) is 0. The fourth-order valence-corrected chi connectivity index (χ4v) is 4.12. The molecule has 0 aromatic rings. The van der Waals surface area contributed by atoms with Crippen molar-refractivity contribution in [3.05, 3.63) is 0 Å². The van der Waals surface area contributed by atoms with E-state index in [0.29, 0.717) is 0 Å². The molecule has 31 heteroatoms. The highest BCUT2D eigenvalue weighted by molar-refractivity contribution is 5.37. The number of halogens is 30. The number of alkyl halides is 30. The van der Waals surface area contributed by atoms with E-state index in [1.165, 1.54) is 0 Å². The molecule has 0 spiro atoms. The topological polar surface area (TPSA) is 9.23 Å². The van der Waals surface area contributed by atoms with Crippen molar-refractivity contribution in [2.75, 3.05) is 0 Å². The monoisotopic (exact) mass is 778 g/mol. The highest BCUT2D eigenvalue weighted by Gasteiger charge is 3.13. The SMILES string of the molecule is FC(F)(F)C(F)(F)C(F)(F)C1(F)C(F)(F)C(F)(F)C(F)(F)C1(F)OC1(F)C(F)(F)C(F)(F)C(F)(F)C1(F)C(F)(F)C(F)(F)C(F)(F)F. The van der Waals surface area contributed by atoms with Crippen LogP contribution < -0.4 is 0 Å². The van der Waals surface area contributed by atoms with E-state index >= 15 is 17.6 Å². The lowest BCUT2D eigenvalue weighted by molar-refractivity contribution is -0.491. The zero-order valence-corrected chi connectivity index (χ0v) is 19.7. The molecule has 0 bridgehead atoms. The fraction of sp³-hybridized carbons (Fsp3) is 1.00. The lowest BCUT2D eigenvalue weighted by Gasteiger charge is -2.48. The van der Waals surface area contributed by atoms with Gasteiger partial charge in [-0.1, -0.05) is 0 Å². The quantitative estimate of drug-likeness (QED) is 0.245. The first-order chi connectivity index (χ1) is 19.7. The first-order valence-corrected chi connectivity index (χ1v) is 10.1. The summed E-state index contributed by atoms with van der Waals surface area (Å²) in [5.74, 6) is -113. The molecule has 0 radical (unpaired) electrons. The summed E-state index contributed by atoms with van der Waals surface area (Å²) in [6.45, 7) is 0. The van der Waals surface area contributed by atoms with Gasteiger partial charge in [0.25, 0.3) is 0 Å². The van der Waals surface area contributed by atoms with Gasteiger partial charge in [-0.05, 0) is 0 Å². The van der Waals surface area contributed by atoms with E-state index in [9.17, 15) is 114 Å². The van der Waals surface area contributed by atoms with Gasteiger partial charge in [0.2, 0.25) is 0 Å². The minimum atomic E-state index is -9.90. The van der Waals surface area contributed by atoms with Gasteiger partial charge in [0.15, 0.2) is 0 Å². The van der Waals surface area contributed by atoms with Crippen molar-refractivity contribution in [3.8, 4) is 0 Å². The van der Waals surface area contributed by atoms with Crippen LogP contribution in [-0.2, 0) is 4.74 Å². The Kier molecular flexibility index (Phi) is 7.82. The maximum atomic E-state index is 15.2. The molecule has 0 N–H and O–H groups in total. The molecule has 0 aliphatic heterocycles. The standard InChI is InChI=1S/C16F30O/c17-1(5(23,24)11(35,36)15(41,42)43)3(19,20)7(27,28)9(31,32)13(1,39)47-14(40)2(18,4(21,22)8(29,30)10(14,33)34)6(25,26)12(37,38)16(44,45)46. The second-order valence-electron chi connectivity index (χ2n) is 9.35. The number of hydrogen-bond acceptors (Lipinski definition) is 1. The third-order valence-corrected chi connectivity index (χ3v) is 6.78. The van der Waals surface area contributed by atoms with Gasteiger partial charge in [0.1, 0.15) is 0 Å². The van der Waals surface area contributed by atoms with E-state index in [4.69, 9.17) is 0 Å². The van der Waals surface area contributed by atoms with Crippen LogP contribution in [0.4, 0.5) is 132 Å². The Labute approximate surface area is 232 Å². The zero-order chi connectivity index (χ0) is 38.7. The lowest BCUT2D eigenvalue weighted by atomic mass is 9.81. The van der Waals surface area contributed by atoms with Crippen molar-refractivity contribution in [1.82, 2.24) is 0 Å². The van der Waals surface area contributed by atoms with Crippen molar-refractivity contribution < 1.29 is 136 Å². The highest BCUT2D eigenvalue weighted by Crippen LogP contribution is 2.80. The Morgan fingerprint density at radius 2 is 0.468 bits per heavy atom. The van der Waals surface area contributed by atoms with Crippen molar-refractivity contribution in [3.63, 3.8) is 0 Å². The Balaban J connectivity index is 3.35. The predicted octanol–water partition coefficient (Wildman–Crippen LogP) is 9.26. The summed E-state index contributed by atoms with van der Waals surface area (Å²) in [4.78, 5) is 0. The molecule has 1 nitrogen and oxygen atoms in total. The normalized spacial score (nSPS) is 36.9. The molecular weight excluding hydrogens is 778 g/mol. The van der Waals surface area contributed by atoms with Crippen LogP contribution in [-0.4, -0.2) is 94.6 Å². The molecule has 0 heterocycles. The minimum absolute atomic E-state index is 0.875. The highest BCUT2D eigenvalue weighted by atomic mass is 19.4. The van der Waals surface area contributed by atoms with Gasteiger partial charge < -0.3 is 0 Å². The molecule has 47 heavy (non-hydrogen) atoms. The maximum absolute atomic E-state index is 15.2. The van der Waals surface area contributed by atoms with Crippen molar-refractivity contribution in [2.45, 2.75) is 94.6 Å². The predicted molar refractivity (Wildman–Crippen MR) is 78.0 cm³/mol. The molecule has 2 aliphatic carbocycles. The van der Waals surface area contributed by atoms with Crippen molar-refractivity contribution in [2.24, 2.45) is 0 Å². The first kappa shape index (κ1) is 41.0. The molecule has 2 aliphatic rings. The first-order valence-electron chi connectivity index (χ1n) is 10.1. The summed E-state index contributed by atoms with van der Waals surface area (Å²) in [7, 11) is 0. The second kappa shape index (κ2) is 8.95. The van der Waals surface area contributed by atoms with Gasteiger partial charge in [-0.15, -0.1) is 0 Å². The average molecular weight is 778 g/mol. The Bertz CT molecular complexity index is 1180. The molecule has 4 unspecified atom stereocenters. The van der Waals surface area contributed by atoms with Crippen LogP contribution in [0.25, 0.3) is 0 Å². The number of rotatable bonds is 6. The fourth-order valence-electron chi connectivity index (χ4n) is 4.12. The van der Waals surface area contributed by atoms with E-state index in [0.717, 1.165) is 4.74 Å². The molecule has 4 atom stereocenters. The summed E-state index contributed by atoms with van der Waals surface area (Å²) < 4.78 is 413. The van der Waals surface area contributed by atoms with Crippen LogP contribution in [0.15, 0.2) is 0 Å². The van der Waals surface area contributed by atoms with Crippen molar-refractivity contribution in [1.29, 1.82) is 0 Å². The van der Waals surface area contributed by atoms with Gasteiger partial charge in [-0.2, -0.15) is 114 Å². The summed E-state index contributed by atoms with van der Waals surface area (Å²) >= 11 is 0. The van der Waals surface area contributed by atoms with Crippen LogP contribution in [0.3, 0.4) is 0 Å². The van der Waals surface area contributed by atoms with Gasteiger partial charge in [-0.3, -0.25) is 4.74 Å². The van der Waals surface area contributed by atoms with E-state index in [1.807, 2.05) is 0 Å². The smallest absolute Gasteiger partial charge is 0.292 e. The van der Waals surface area contributed by atoms with Crippen LogP contribution >= 0.6 is 0 Å². The molecule has 280 valence electrons. The third kappa shape index (κ3) is 3.52. The second-order valence-corrected chi connectivity index (χ2v) is 9.35. The maximum Gasteiger partial charge on any atom is 0.460 e. The summed E-state index contributed by atoms with van der Waals surface area (Å²) in [5.41, 5.74) is -19.8. The average Bonchev–Trinajstić information content (AvgIpc) is 2.93. The molecule has 2 fully saturated rings. The van der Waals surface area contributed by atoms with E-state index in [1.54, 1.807) is 0 Å². The largest absolute Gasteiger partial charge is 0.460 e. The Morgan fingerprint density at radius 3 is 0.638 bits per heavy atom. The molecule has 2 rings (SSSR count). The molecule has 0 aromatic heterocycles. The van der Waals surface area contributed by atoms with Gasteiger partial charge in [-0.25, -0.2) is 17.6 Å². The van der Waals surface area contributed by atoms with Crippen LogP contribution in [0, 0.1) is 0 Å². The van der Waals surface area contributed by atoms with Crippen molar-refractivity contribution >= 4 is 0 Å². The van der Waals surface area contributed by atoms with E-state index < -0.39 is 94.6 Å². The lowest BCUT2D eigenvalue weighted by Crippen LogP contribution is -2.79. The van der Waals surface area contributed by atoms with Crippen LogP contribution in [0.5, 0.6) is 0 Å². The van der Waals surface area contributed by atoms with Crippen LogP contribution in [0.1, 0.15) is 0 Å². The third-order valence-electron chi connectivity index (χ3n) is 6.78. The summed E-state index contributed by atoms with van der Waals surface area (Å²) in [6.07, 6.45) is -17.2. The minimum Gasteiger partial charge on any atom is -0.292 e. The van der Waals surface area contributed by atoms with E-state index in [-0.39, 0.29) is 0 Å². The van der Waals surface area contributed by atoms with Gasteiger partial charge >= 0.3 is 94.6 Å².